The lowest BCUT2D eigenvalue weighted by atomic mass is 10.0. The van der Waals surface area contributed by atoms with Crippen LogP contribution in [0.15, 0.2) is 29.8 Å². The van der Waals surface area contributed by atoms with E-state index < -0.39 is 23.4 Å². The molecule has 10 heteroatoms. The molecule has 0 saturated carbocycles. The number of carbonyl (C=O) groups excluding carboxylic acids is 2. The minimum Gasteiger partial charge on any atom is -0.451 e. The molecule has 0 atom stereocenters. The van der Waals surface area contributed by atoms with Crippen LogP contribution in [0.3, 0.4) is 0 Å². The summed E-state index contributed by atoms with van der Waals surface area (Å²) in [5.74, 6) is -1.35. The lowest BCUT2D eigenvalue weighted by Gasteiger charge is -2.29. The first-order chi connectivity index (χ1) is 16.3. The third-order valence-corrected chi connectivity index (χ3v) is 5.79. The summed E-state index contributed by atoms with van der Waals surface area (Å²) in [5, 5.41) is 20.5. The highest BCUT2D eigenvalue weighted by Gasteiger charge is 2.25. The molecule has 0 aliphatic carbocycles. The maximum atomic E-state index is 12.8. The number of hydrogen-bond acceptors (Lipinski definition) is 7. The second kappa shape index (κ2) is 10.8. The maximum Gasteiger partial charge on any atom is 0.349 e. The standard InChI is InChI=1S/C24H26N4O6/c1-16-11-19(17(2)26(16)9-10-33-3)12-20(14-25)24(30)34-15-23(29)27-8-4-5-18-13-21(28(31)32)6-7-22(18)27/h6-7,11-13H,4-5,8-10,15H2,1-3H3/b20-12+. The van der Waals surface area contributed by atoms with E-state index >= 15 is 0 Å². The summed E-state index contributed by atoms with van der Waals surface area (Å²) in [7, 11) is 1.62. The number of anilines is 1. The van der Waals surface area contributed by atoms with E-state index in [0.717, 1.165) is 11.4 Å². The normalized spacial score (nSPS) is 13.2. The number of aryl methyl sites for hydroxylation is 2. The SMILES string of the molecule is COCCn1c(C)cc(/C=C(\C#N)C(=O)OCC(=O)N2CCCc3cc([N+](=O)[O-])ccc32)c1C. The molecule has 178 valence electrons. The van der Waals surface area contributed by atoms with E-state index in [1.165, 1.54) is 29.2 Å². The minimum atomic E-state index is -0.890. The molecule has 3 rings (SSSR count). The van der Waals surface area contributed by atoms with Gasteiger partial charge < -0.3 is 18.9 Å². The molecule has 0 N–H and O–H groups in total. The van der Waals surface area contributed by atoms with Gasteiger partial charge in [0.1, 0.15) is 11.6 Å². The second-order valence-electron chi connectivity index (χ2n) is 7.94. The van der Waals surface area contributed by atoms with Crippen LogP contribution in [0.25, 0.3) is 6.08 Å². The van der Waals surface area contributed by atoms with Gasteiger partial charge in [0.05, 0.1) is 11.5 Å². The summed E-state index contributed by atoms with van der Waals surface area (Å²) in [4.78, 5) is 37.3. The van der Waals surface area contributed by atoms with Crippen LogP contribution in [-0.2, 0) is 32.0 Å². The molecule has 0 radical (unpaired) electrons. The average molecular weight is 466 g/mol. The lowest BCUT2D eigenvalue weighted by Crippen LogP contribution is -2.38. The summed E-state index contributed by atoms with van der Waals surface area (Å²) in [5.41, 5.74) is 3.56. The van der Waals surface area contributed by atoms with Gasteiger partial charge in [-0.3, -0.25) is 14.9 Å². The van der Waals surface area contributed by atoms with Gasteiger partial charge in [0, 0.05) is 49.4 Å². The maximum absolute atomic E-state index is 12.8. The highest BCUT2D eigenvalue weighted by Crippen LogP contribution is 2.30. The van der Waals surface area contributed by atoms with Crippen molar-refractivity contribution in [3.63, 3.8) is 0 Å². The zero-order chi connectivity index (χ0) is 24.8. The number of benzene rings is 1. The number of nitrogens with zero attached hydrogens (tertiary/aromatic N) is 4. The fourth-order valence-electron chi connectivity index (χ4n) is 4.03. The van der Waals surface area contributed by atoms with Gasteiger partial charge in [-0.15, -0.1) is 0 Å². The van der Waals surface area contributed by atoms with E-state index in [9.17, 15) is 25.0 Å². The number of nitro benzene ring substituents is 1. The van der Waals surface area contributed by atoms with Crippen LogP contribution in [0.1, 0.15) is 28.9 Å². The molecule has 1 aliphatic heterocycles. The van der Waals surface area contributed by atoms with Crippen molar-refractivity contribution >= 4 is 29.3 Å². The highest BCUT2D eigenvalue weighted by molar-refractivity contribution is 6.01. The van der Waals surface area contributed by atoms with Gasteiger partial charge in [0.15, 0.2) is 6.61 Å². The molecule has 0 saturated heterocycles. The van der Waals surface area contributed by atoms with Crippen molar-refractivity contribution in [2.75, 3.05) is 31.8 Å². The number of non-ortho nitro benzene ring substituents is 1. The molecule has 0 unspecified atom stereocenters. The Morgan fingerprint density at radius 2 is 2.06 bits per heavy atom. The van der Waals surface area contributed by atoms with Gasteiger partial charge in [-0.2, -0.15) is 5.26 Å². The quantitative estimate of drug-likeness (QED) is 0.192. The largest absolute Gasteiger partial charge is 0.451 e. The van der Waals surface area contributed by atoms with Crippen LogP contribution in [0.2, 0.25) is 0 Å². The number of aromatic nitrogens is 1. The first kappa shape index (κ1) is 24.7. The Labute approximate surface area is 197 Å². The zero-order valence-corrected chi connectivity index (χ0v) is 19.4. The number of ether oxygens (including phenoxy) is 2. The summed E-state index contributed by atoms with van der Waals surface area (Å²) in [6.07, 6.45) is 2.70. The topological polar surface area (TPSA) is 128 Å². The van der Waals surface area contributed by atoms with Crippen LogP contribution in [0.5, 0.6) is 0 Å². The number of nitriles is 1. The molecule has 1 amide bonds. The fourth-order valence-corrected chi connectivity index (χ4v) is 4.03. The molecule has 0 spiro atoms. The number of amides is 1. The van der Waals surface area contributed by atoms with E-state index in [1.54, 1.807) is 7.11 Å². The summed E-state index contributed by atoms with van der Waals surface area (Å²) in [6.45, 7) is 4.85. The molecule has 2 aromatic rings. The Bertz CT molecular complexity index is 1190. The Kier molecular flexibility index (Phi) is 7.81. The van der Waals surface area contributed by atoms with Crippen LogP contribution < -0.4 is 4.90 Å². The number of hydrogen-bond donors (Lipinski definition) is 0. The summed E-state index contributed by atoms with van der Waals surface area (Å²) < 4.78 is 12.3. The number of fused-ring (bicyclic) bond motifs is 1. The Balaban J connectivity index is 1.70. The van der Waals surface area contributed by atoms with Crippen LogP contribution >= 0.6 is 0 Å². The molecule has 1 aromatic heterocycles. The van der Waals surface area contributed by atoms with Crippen molar-refractivity contribution in [3.05, 3.63) is 62.5 Å². The first-order valence-electron chi connectivity index (χ1n) is 10.8. The molecule has 0 bridgehead atoms. The van der Waals surface area contributed by atoms with Crippen molar-refractivity contribution in [3.8, 4) is 6.07 Å². The minimum absolute atomic E-state index is 0.0372. The van der Waals surface area contributed by atoms with Crippen molar-refractivity contribution in [1.82, 2.24) is 4.57 Å². The number of nitro groups is 1. The summed E-state index contributed by atoms with van der Waals surface area (Å²) >= 11 is 0. The van der Waals surface area contributed by atoms with E-state index in [0.29, 0.717) is 49.4 Å². The Morgan fingerprint density at radius 1 is 1.29 bits per heavy atom. The van der Waals surface area contributed by atoms with E-state index in [-0.39, 0.29) is 11.3 Å². The molecule has 10 nitrogen and oxygen atoms in total. The predicted molar refractivity (Wildman–Crippen MR) is 124 cm³/mol. The molecule has 34 heavy (non-hydrogen) atoms. The second-order valence-corrected chi connectivity index (χ2v) is 7.94. The summed E-state index contributed by atoms with van der Waals surface area (Å²) in [6, 6.07) is 8.05. The Hall–Kier alpha value is -3.97. The van der Waals surface area contributed by atoms with Gasteiger partial charge in [-0.25, -0.2) is 4.79 Å². The number of rotatable bonds is 8. The van der Waals surface area contributed by atoms with E-state index in [2.05, 4.69) is 0 Å². The zero-order valence-electron chi connectivity index (χ0n) is 19.4. The van der Waals surface area contributed by atoms with Crippen molar-refractivity contribution in [1.29, 1.82) is 5.26 Å². The van der Waals surface area contributed by atoms with Crippen molar-refractivity contribution in [2.45, 2.75) is 33.2 Å². The molecule has 1 aromatic carbocycles. The molecular weight excluding hydrogens is 440 g/mol. The van der Waals surface area contributed by atoms with Crippen molar-refractivity contribution < 1.29 is 24.0 Å². The first-order valence-corrected chi connectivity index (χ1v) is 10.8. The third-order valence-electron chi connectivity index (χ3n) is 5.79. The Morgan fingerprint density at radius 3 is 2.74 bits per heavy atom. The van der Waals surface area contributed by atoms with Gasteiger partial charge in [-0.05, 0) is 56.0 Å². The smallest absolute Gasteiger partial charge is 0.349 e. The van der Waals surface area contributed by atoms with Crippen LogP contribution in [0.4, 0.5) is 11.4 Å². The van der Waals surface area contributed by atoms with Gasteiger partial charge in [-0.1, -0.05) is 0 Å². The van der Waals surface area contributed by atoms with Gasteiger partial charge >= 0.3 is 5.97 Å². The van der Waals surface area contributed by atoms with E-state index in [4.69, 9.17) is 9.47 Å². The van der Waals surface area contributed by atoms with Crippen LogP contribution in [-0.4, -0.2) is 48.2 Å². The average Bonchev–Trinajstić information content (AvgIpc) is 3.10. The number of esters is 1. The number of carbonyl (C=O) groups is 2. The monoisotopic (exact) mass is 466 g/mol. The fraction of sp³-hybridized carbons (Fsp3) is 0.375. The van der Waals surface area contributed by atoms with Crippen LogP contribution in [0, 0.1) is 35.3 Å². The third kappa shape index (κ3) is 5.32. The highest BCUT2D eigenvalue weighted by atomic mass is 16.6. The predicted octanol–water partition coefficient (Wildman–Crippen LogP) is 3.09. The molecular formula is C24H26N4O6. The number of methoxy groups -OCH3 is 1. The van der Waals surface area contributed by atoms with Crippen molar-refractivity contribution in [2.24, 2.45) is 0 Å². The van der Waals surface area contributed by atoms with E-state index in [1.807, 2.05) is 30.6 Å². The molecule has 0 fully saturated rings. The lowest BCUT2D eigenvalue weighted by molar-refractivity contribution is -0.384. The molecule has 1 aliphatic rings. The molecule has 2 heterocycles. The van der Waals surface area contributed by atoms with Gasteiger partial charge in [0.2, 0.25) is 0 Å². The van der Waals surface area contributed by atoms with Gasteiger partial charge in [0.25, 0.3) is 11.6 Å².